The number of aromatic nitrogens is 2. The summed E-state index contributed by atoms with van der Waals surface area (Å²) in [5.74, 6) is -1.02. The number of halogens is 6. The van der Waals surface area contributed by atoms with Gasteiger partial charge >= 0.3 is 12.5 Å². The van der Waals surface area contributed by atoms with Crippen molar-refractivity contribution in [2.24, 2.45) is 0 Å². The number of rotatable bonds is 6. The fourth-order valence-electron chi connectivity index (χ4n) is 3.65. The van der Waals surface area contributed by atoms with Gasteiger partial charge in [0.05, 0.1) is 16.5 Å². The van der Waals surface area contributed by atoms with Crippen LogP contribution in [-0.2, 0) is 16.2 Å². The first-order chi connectivity index (χ1) is 18.2. The summed E-state index contributed by atoms with van der Waals surface area (Å²) in [5, 5.41) is 11.6. The van der Waals surface area contributed by atoms with Gasteiger partial charge in [-0.15, -0.1) is 13.2 Å². The number of piperazine rings is 1. The lowest BCUT2D eigenvalue weighted by molar-refractivity contribution is -0.274. The van der Waals surface area contributed by atoms with Crippen molar-refractivity contribution in [3.05, 3.63) is 65.9 Å². The van der Waals surface area contributed by atoms with Gasteiger partial charge < -0.3 is 15.0 Å². The van der Waals surface area contributed by atoms with Gasteiger partial charge in [-0.2, -0.15) is 27.7 Å². The van der Waals surface area contributed by atoms with Crippen molar-refractivity contribution in [3.63, 3.8) is 0 Å². The number of alkyl halides is 6. The summed E-state index contributed by atoms with van der Waals surface area (Å²) in [6, 6.07) is 12.3. The van der Waals surface area contributed by atoms with E-state index in [9.17, 15) is 34.8 Å². The molecule has 9 nitrogen and oxygen atoms in total. The zero-order chi connectivity index (χ0) is 28.4. The van der Waals surface area contributed by atoms with Crippen molar-refractivity contribution in [2.75, 3.05) is 36.4 Å². The van der Waals surface area contributed by atoms with Gasteiger partial charge in [0.15, 0.2) is 5.69 Å². The largest absolute Gasteiger partial charge is 0.573 e. The van der Waals surface area contributed by atoms with E-state index < -0.39 is 34.0 Å². The molecule has 0 amide bonds. The van der Waals surface area contributed by atoms with Crippen molar-refractivity contribution < 1.29 is 39.5 Å². The lowest BCUT2D eigenvalue weighted by Crippen LogP contribution is -2.49. The molecule has 16 heteroatoms. The van der Waals surface area contributed by atoms with E-state index in [2.05, 4.69) is 20.0 Å². The van der Waals surface area contributed by atoms with Gasteiger partial charge in [0.2, 0.25) is 16.0 Å². The van der Waals surface area contributed by atoms with Crippen LogP contribution in [0.4, 0.5) is 43.8 Å². The number of anilines is 3. The minimum Gasteiger partial charge on any atom is -0.406 e. The molecule has 206 valence electrons. The molecular formula is C23H18F6N6O3S. The molecule has 0 bridgehead atoms. The summed E-state index contributed by atoms with van der Waals surface area (Å²) in [5.41, 5.74) is -0.465. The van der Waals surface area contributed by atoms with Crippen molar-refractivity contribution in [2.45, 2.75) is 17.4 Å². The van der Waals surface area contributed by atoms with Crippen LogP contribution in [-0.4, -0.2) is 55.2 Å². The predicted molar refractivity (Wildman–Crippen MR) is 126 cm³/mol. The topological polar surface area (TPSA) is 111 Å². The highest BCUT2D eigenvalue weighted by Crippen LogP contribution is 2.32. The van der Waals surface area contributed by atoms with E-state index in [0.29, 0.717) is 11.3 Å². The van der Waals surface area contributed by atoms with E-state index in [-0.39, 0.29) is 42.8 Å². The van der Waals surface area contributed by atoms with Crippen LogP contribution in [0, 0.1) is 11.3 Å². The molecule has 1 aliphatic heterocycles. The standard InChI is InChI=1S/C23H18F6N6O3S/c24-22(25,26)19-13-20(31-16-3-1-15(14-30)2-4-16)33-21(32-19)34-9-11-35(12-10-34)39(36,37)18-7-5-17(6-8-18)38-23(27,28)29/h1-8,13H,9-12H2,(H,31,32,33). The number of nitrogens with one attached hydrogen (secondary N) is 1. The Balaban J connectivity index is 1.50. The molecule has 4 rings (SSSR count). The molecule has 0 atom stereocenters. The molecule has 0 radical (unpaired) electrons. The first-order valence-electron chi connectivity index (χ1n) is 11.1. The van der Waals surface area contributed by atoms with Crippen LogP contribution < -0.4 is 15.0 Å². The van der Waals surface area contributed by atoms with E-state index >= 15 is 0 Å². The Bertz CT molecular complexity index is 1460. The average molecular weight is 572 g/mol. The molecule has 1 saturated heterocycles. The molecule has 0 saturated carbocycles. The van der Waals surface area contributed by atoms with Gasteiger partial charge in [-0.1, -0.05) is 0 Å². The summed E-state index contributed by atoms with van der Waals surface area (Å²) < 4.78 is 108. The molecule has 3 aromatic rings. The van der Waals surface area contributed by atoms with Crippen molar-refractivity contribution >= 4 is 27.5 Å². The normalized spacial score (nSPS) is 15.1. The Labute approximate surface area is 218 Å². The third-order valence-electron chi connectivity index (χ3n) is 5.51. The van der Waals surface area contributed by atoms with Gasteiger partial charge in [-0.3, -0.25) is 0 Å². The molecule has 1 N–H and O–H groups in total. The summed E-state index contributed by atoms with van der Waals surface area (Å²) in [6.07, 6.45) is -9.72. The fraction of sp³-hybridized carbons (Fsp3) is 0.261. The quantitative estimate of drug-likeness (QED) is 0.430. The van der Waals surface area contributed by atoms with E-state index in [1.54, 1.807) is 0 Å². The zero-order valence-corrected chi connectivity index (χ0v) is 20.5. The van der Waals surface area contributed by atoms with Gasteiger partial charge in [0.1, 0.15) is 11.6 Å². The van der Waals surface area contributed by atoms with Crippen LogP contribution in [0.1, 0.15) is 11.3 Å². The molecule has 0 aliphatic carbocycles. The molecule has 1 aromatic heterocycles. The van der Waals surface area contributed by atoms with Crippen molar-refractivity contribution in [1.82, 2.24) is 14.3 Å². The van der Waals surface area contributed by atoms with Crippen LogP contribution in [0.25, 0.3) is 0 Å². The summed E-state index contributed by atoms with van der Waals surface area (Å²) in [4.78, 5) is 8.90. The van der Waals surface area contributed by atoms with Crippen LogP contribution in [0.15, 0.2) is 59.5 Å². The molecule has 2 heterocycles. The second-order valence-corrected chi connectivity index (χ2v) is 10.1. The van der Waals surface area contributed by atoms with E-state index in [1.807, 2.05) is 6.07 Å². The Morgan fingerprint density at radius 2 is 1.51 bits per heavy atom. The monoisotopic (exact) mass is 572 g/mol. The molecule has 39 heavy (non-hydrogen) atoms. The maximum absolute atomic E-state index is 13.5. The highest BCUT2D eigenvalue weighted by Gasteiger charge is 2.36. The molecule has 0 unspecified atom stereocenters. The van der Waals surface area contributed by atoms with E-state index in [1.165, 1.54) is 29.2 Å². The van der Waals surface area contributed by atoms with Crippen LogP contribution in [0.3, 0.4) is 0 Å². The third kappa shape index (κ3) is 6.86. The van der Waals surface area contributed by atoms with Crippen LogP contribution >= 0.6 is 0 Å². The Kier molecular flexibility index (Phi) is 7.57. The molecular weight excluding hydrogens is 554 g/mol. The fourth-order valence-corrected chi connectivity index (χ4v) is 5.07. The first kappa shape index (κ1) is 27.9. The summed E-state index contributed by atoms with van der Waals surface area (Å²) in [6.45, 7) is -0.375. The second kappa shape index (κ2) is 10.6. The lowest BCUT2D eigenvalue weighted by atomic mass is 10.2. The van der Waals surface area contributed by atoms with Crippen LogP contribution in [0.5, 0.6) is 5.75 Å². The number of hydrogen-bond acceptors (Lipinski definition) is 8. The second-order valence-electron chi connectivity index (χ2n) is 8.16. The SMILES string of the molecule is N#Cc1ccc(Nc2cc(C(F)(F)F)nc(N3CCN(S(=O)(=O)c4ccc(OC(F)(F)F)cc4)CC3)n2)cc1. The maximum atomic E-state index is 13.5. The van der Waals surface area contributed by atoms with Gasteiger partial charge in [-0.05, 0) is 48.5 Å². The van der Waals surface area contributed by atoms with Gasteiger partial charge in [-0.25, -0.2) is 13.4 Å². The minimum atomic E-state index is -4.93. The third-order valence-corrected chi connectivity index (χ3v) is 7.42. The Hall–Kier alpha value is -4.10. The number of nitriles is 1. The smallest absolute Gasteiger partial charge is 0.406 e. The van der Waals surface area contributed by atoms with Gasteiger partial charge in [0.25, 0.3) is 0 Å². The maximum Gasteiger partial charge on any atom is 0.573 e. The molecule has 0 spiro atoms. The van der Waals surface area contributed by atoms with E-state index in [4.69, 9.17) is 5.26 Å². The Morgan fingerprint density at radius 3 is 2.05 bits per heavy atom. The number of nitrogens with zero attached hydrogens (tertiary/aromatic N) is 5. The summed E-state index contributed by atoms with van der Waals surface area (Å²) in [7, 11) is -4.10. The van der Waals surface area contributed by atoms with Crippen molar-refractivity contribution in [1.29, 1.82) is 5.26 Å². The van der Waals surface area contributed by atoms with Gasteiger partial charge in [0, 0.05) is 37.9 Å². The number of ether oxygens (including phenoxy) is 1. The predicted octanol–water partition coefficient (Wildman–Crippen LogP) is 4.52. The number of hydrogen-bond donors (Lipinski definition) is 1. The average Bonchev–Trinajstić information content (AvgIpc) is 2.88. The molecule has 1 fully saturated rings. The molecule has 1 aliphatic rings. The summed E-state index contributed by atoms with van der Waals surface area (Å²) >= 11 is 0. The number of benzene rings is 2. The first-order valence-corrected chi connectivity index (χ1v) is 12.5. The van der Waals surface area contributed by atoms with Crippen molar-refractivity contribution in [3.8, 4) is 11.8 Å². The molecule has 2 aromatic carbocycles. The zero-order valence-electron chi connectivity index (χ0n) is 19.7. The lowest BCUT2D eigenvalue weighted by Gasteiger charge is -2.34. The Morgan fingerprint density at radius 1 is 0.897 bits per heavy atom. The highest BCUT2D eigenvalue weighted by molar-refractivity contribution is 7.89. The minimum absolute atomic E-state index is 0.0495. The van der Waals surface area contributed by atoms with E-state index in [0.717, 1.165) is 34.6 Å². The van der Waals surface area contributed by atoms with Crippen LogP contribution in [0.2, 0.25) is 0 Å². The number of sulfonamides is 1. The highest BCUT2D eigenvalue weighted by atomic mass is 32.2.